The minimum Gasteiger partial charge on any atom is -0.383 e. The van der Waals surface area contributed by atoms with Crippen molar-refractivity contribution >= 4 is 0 Å². The fraction of sp³-hybridized carbons (Fsp3) is 1.00. The molecule has 0 saturated heterocycles. The maximum Gasteiger partial charge on any atom is 0.0587 e. The Labute approximate surface area is 94.5 Å². The molecular formula is C12H27NO2. The van der Waals surface area contributed by atoms with Gasteiger partial charge in [-0.3, -0.25) is 0 Å². The Morgan fingerprint density at radius 1 is 1.00 bits per heavy atom. The van der Waals surface area contributed by atoms with Gasteiger partial charge in [0.15, 0.2) is 0 Å². The molecule has 0 aromatic heterocycles. The van der Waals surface area contributed by atoms with Gasteiger partial charge in [0.05, 0.1) is 6.61 Å². The molecule has 0 aromatic rings. The van der Waals surface area contributed by atoms with Gasteiger partial charge >= 0.3 is 0 Å². The molecule has 0 spiro atoms. The minimum absolute atomic E-state index is 0.751. The zero-order chi connectivity index (χ0) is 11.4. The number of methoxy groups -OCH3 is 1. The molecule has 0 amide bonds. The lowest BCUT2D eigenvalue weighted by atomic mass is 10.1. The van der Waals surface area contributed by atoms with Crippen molar-refractivity contribution in [1.29, 1.82) is 0 Å². The van der Waals surface area contributed by atoms with E-state index in [1.807, 2.05) is 0 Å². The summed E-state index contributed by atoms with van der Waals surface area (Å²) in [5.41, 5.74) is 0. The highest BCUT2D eigenvalue weighted by Crippen LogP contribution is 1.99. The van der Waals surface area contributed by atoms with E-state index < -0.39 is 0 Å². The van der Waals surface area contributed by atoms with Crippen LogP contribution in [0.2, 0.25) is 0 Å². The summed E-state index contributed by atoms with van der Waals surface area (Å²) in [7, 11) is 1.73. The average molecular weight is 217 g/mol. The Hall–Kier alpha value is -0.120. The van der Waals surface area contributed by atoms with Crippen molar-refractivity contribution in [3.63, 3.8) is 0 Å². The summed E-state index contributed by atoms with van der Waals surface area (Å²) < 4.78 is 10.5. The number of hydrogen-bond donors (Lipinski definition) is 1. The quantitative estimate of drug-likeness (QED) is 0.537. The fourth-order valence-corrected chi connectivity index (χ4v) is 1.17. The zero-order valence-corrected chi connectivity index (χ0v) is 10.6. The Morgan fingerprint density at radius 3 is 2.47 bits per heavy atom. The van der Waals surface area contributed by atoms with Crippen molar-refractivity contribution in [1.82, 2.24) is 5.32 Å². The lowest BCUT2D eigenvalue weighted by Gasteiger charge is -2.06. The van der Waals surface area contributed by atoms with Crippen LogP contribution in [0, 0.1) is 5.92 Å². The second kappa shape index (κ2) is 12.0. The van der Waals surface area contributed by atoms with Gasteiger partial charge in [0, 0.05) is 26.9 Å². The van der Waals surface area contributed by atoms with Crippen LogP contribution in [-0.2, 0) is 9.47 Å². The highest BCUT2D eigenvalue weighted by Gasteiger charge is 1.94. The summed E-state index contributed by atoms with van der Waals surface area (Å²) in [6.07, 6.45) is 3.51. The molecule has 3 heteroatoms. The van der Waals surface area contributed by atoms with Gasteiger partial charge in [-0.1, -0.05) is 13.8 Å². The Balaban J connectivity index is 2.87. The molecule has 0 aliphatic rings. The van der Waals surface area contributed by atoms with Crippen molar-refractivity contribution in [2.24, 2.45) is 5.92 Å². The van der Waals surface area contributed by atoms with Gasteiger partial charge in [0.2, 0.25) is 0 Å². The van der Waals surface area contributed by atoms with Crippen molar-refractivity contribution in [3.05, 3.63) is 0 Å². The molecule has 0 aliphatic heterocycles. The topological polar surface area (TPSA) is 30.5 Å². The number of rotatable bonds is 11. The molecule has 0 rings (SSSR count). The first-order chi connectivity index (χ1) is 7.27. The summed E-state index contributed by atoms with van der Waals surface area (Å²) in [6, 6.07) is 0. The number of unbranched alkanes of at least 4 members (excludes halogenated alkanes) is 1. The van der Waals surface area contributed by atoms with Gasteiger partial charge in [-0.05, 0) is 31.7 Å². The van der Waals surface area contributed by atoms with E-state index in [9.17, 15) is 0 Å². The zero-order valence-electron chi connectivity index (χ0n) is 10.6. The van der Waals surface area contributed by atoms with E-state index in [2.05, 4.69) is 19.2 Å². The standard InChI is InChI=1S/C12H27NO2/c1-12(2)6-10-15-9-5-4-7-13-8-11-14-3/h12-13H,4-11H2,1-3H3. The molecule has 3 nitrogen and oxygen atoms in total. The number of ether oxygens (including phenoxy) is 2. The van der Waals surface area contributed by atoms with Gasteiger partial charge in [-0.2, -0.15) is 0 Å². The lowest BCUT2D eigenvalue weighted by Crippen LogP contribution is -2.20. The van der Waals surface area contributed by atoms with Gasteiger partial charge < -0.3 is 14.8 Å². The van der Waals surface area contributed by atoms with Crippen molar-refractivity contribution < 1.29 is 9.47 Å². The summed E-state index contributed by atoms with van der Waals surface area (Å²) >= 11 is 0. The normalized spacial score (nSPS) is 11.2. The molecule has 0 heterocycles. The molecule has 15 heavy (non-hydrogen) atoms. The van der Waals surface area contributed by atoms with Gasteiger partial charge in [0.25, 0.3) is 0 Å². The van der Waals surface area contributed by atoms with Crippen LogP contribution in [0.3, 0.4) is 0 Å². The monoisotopic (exact) mass is 217 g/mol. The van der Waals surface area contributed by atoms with Gasteiger partial charge in [0.1, 0.15) is 0 Å². The molecule has 0 unspecified atom stereocenters. The third-order valence-corrected chi connectivity index (χ3v) is 2.21. The van der Waals surface area contributed by atoms with E-state index in [0.717, 1.165) is 45.2 Å². The second-order valence-corrected chi connectivity index (χ2v) is 4.24. The Kier molecular flexibility index (Phi) is 11.9. The van der Waals surface area contributed by atoms with E-state index in [1.165, 1.54) is 12.8 Å². The van der Waals surface area contributed by atoms with E-state index >= 15 is 0 Å². The highest BCUT2D eigenvalue weighted by molar-refractivity contribution is 4.48. The smallest absolute Gasteiger partial charge is 0.0587 e. The molecule has 0 bridgehead atoms. The van der Waals surface area contributed by atoms with Crippen LogP contribution < -0.4 is 5.32 Å². The molecule has 0 saturated carbocycles. The first kappa shape index (κ1) is 14.9. The van der Waals surface area contributed by atoms with Crippen LogP contribution in [0.5, 0.6) is 0 Å². The third-order valence-electron chi connectivity index (χ3n) is 2.21. The molecule has 0 aliphatic carbocycles. The van der Waals surface area contributed by atoms with Crippen LogP contribution in [-0.4, -0.2) is 40.0 Å². The minimum atomic E-state index is 0.751. The SMILES string of the molecule is COCCNCCCCOCCC(C)C. The fourth-order valence-electron chi connectivity index (χ4n) is 1.17. The predicted molar refractivity (Wildman–Crippen MR) is 64.3 cm³/mol. The first-order valence-electron chi connectivity index (χ1n) is 6.04. The first-order valence-corrected chi connectivity index (χ1v) is 6.04. The number of nitrogens with one attached hydrogen (secondary N) is 1. The van der Waals surface area contributed by atoms with Crippen LogP contribution in [0.25, 0.3) is 0 Å². The maximum absolute atomic E-state index is 5.52. The Bertz CT molecular complexity index is 118. The van der Waals surface area contributed by atoms with Crippen LogP contribution in [0.1, 0.15) is 33.1 Å². The summed E-state index contributed by atoms with van der Waals surface area (Å²) in [4.78, 5) is 0. The summed E-state index contributed by atoms with van der Waals surface area (Å²) in [5.74, 6) is 0.751. The average Bonchev–Trinajstić information content (AvgIpc) is 2.20. The molecule has 0 radical (unpaired) electrons. The molecule has 0 aromatic carbocycles. The van der Waals surface area contributed by atoms with E-state index in [0.29, 0.717) is 0 Å². The van der Waals surface area contributed by atoms with Gasteiger partial charge in [-0.25, -0.2) is 0 Å². The van der Waals surface area contributed by atoms with E-state index in [4.69, 9.17) is 9.47 Å². The molecule has 0 atom stereocenters. The largest absolute Gasteiger partial charge is 0.383 e. The summed E-state index contributed by atoms with van der Waals surface area (Å²) in [5, 5.41) is 3.31. The molecular weight excluding hydrogens is 190 g/mol. The van der Waals surface area contributed by atoms with Crippen LogP contribution in [0.15, 0.2) is 0 Å². The van der Waals surface area contributed by atoms with Crippen molar-refractivity contribution in [3.8, 4) is 0 Å². The third kappa shape index (κ3) is 13.9. The van der Waals surface area contributed by atoms with Crippen LogP contribution in [0.4, 0.5) is 0 Å². The number of hydrogen-bond acceptors (Lipinski definition) is 3. The maximum atomic E-state index is 5.52. The van der Waals surface area contributed by atoms with E-state index in [1.54, 1.807) is 7.11 Å². The predicted octanol–water partition coefficient (Wildman–Crippen LogP) is 2.07. The summed E-state index contributed by atoms with van der Waals surface area (Å²) in [6.45, 7) is 9.08. The lowest BCUT2D eigenvalue weighted by molar-refractivity contribution is 0.120. The Morgan fingerprint density at radius 2 is 1.80 bits per heavy atom. The second-order valence-electron chi connectivity index (χ2n) is 4.24. The molecule has 92 valence electrons. The molecule has 1 N–H and O–H groups in total. The van der Waals surface area contributed by atoms with E-state index in [-0.39, 0.29) is 0 Å². The van der Waals surface area contributed by atoms with Crippen molar-refractivity contribution in [2.45, 2.75) is 33.1 Å². The van der Waals surface area contributed by atoms with Gasteiger partial charge in [-0.15, -0.1) is 0 Å². The highest BCUT2D eigenvalue weighted by atomic mass is 16.5. The molecule has 0 fully saturated rings. The van der Waals surface area contributed by atoms with Crippen LogP contribution >= 0.6 is 0 Å². The van der Waals surface area contributed by atoms with Crippen molar-refractivity contribution in [2.75, 3.05) is 40.0 Å².